The number of halogens is 1. The first kappa shape index (κ1) is 18.9. The van der Waals surface area contributed by atoms with Crippen molar-refractivity contribution in [2.45, 2.75) is 32.7 Å². The summed E-state index contributed by atoms with van der Waals surface area (Å²) in [6.07, 6.45) is 0. The zero-order valence-corrected chi connectivity index (χ0v) is 16.2. The van der Waals surface area contributed by atoms with E-state index < -0.39 is 23.7 Å². The molecule has 1 atom stereocenters. The molecule has 9 heteroatoms. The van der Waals surface area contributed by atoms with Gasteiger partial charge in [-0.2, -0.15) is 0 Å². The third-order valence-corrected chi connectivity index (χ3v) is 4.66. The van der Waals surface area contributed by atoms with E-state index in [-0.39, 0.29) is 29.8 Å². The maximum Gasteiger partial charge on any atom is 0.291 e. The number of aromatic nitrogens is 3. The molecule has 3 heterocycles. The molecule has 2 N–H and O–H groups in total. The summed E-state index contributed by atoms with van der Waals surface area (Å²) in [7, 11) is 0. The number of ether oxygens (including phenoxy) is 1. The van der Waals surface area contributed by atoms with Crippen molar-refractivity contribution in [3.05, 3.63) is 53.2 Å². The van der Waals surface area contributed by atoms with E-state index in [4.69, 9.17) is 4.74 Å². The Morgan fingerprint density at radius 2 is 2.17 bits per heavy atom. The number of nitrogens with zero attached hydrogens (tertiary/aromatic N) is 3. The predicted molar refractivity (Wildman–Crippen MR) is 104 cm³/mol. The van der Waals surface area contributed by atoms with Gasteiger partial charge in [0.15, 0.2) is 11.5 Å². The van der Waals surface area contributed by atoms with Crippen LogP contribution in [0.5, 0.6) is 5.75 Å². The first-order valence-corrected chi connectivity index (χ1v) is 9.24. The number of benzene rings is 1. The average Bonchev–Trinajstić information content (AvgIpc) is 3.04. The summed E-state index contributed by atoms with van der Waals surface area (Å²) in [6.45, 7) is 5.61. The maximum absolute atomic E-state index is 14.2. The molecule has 0 spiro atoms. The Kier molecular flexibility index (Phi) is 4.65. The molecule has 0 aliphatic carbocycles. The largest absolute Gasteiger partial charge is 0.489 e. The minimum atomic E-state index is -1.02. The van der Waals surface area contributed by atoms with Crippen LogP contribution in [0.4, 0.5) is 10.1 Å². The molecule has 0 radical (unpaired) electrons. The van der Waals surface area contributed by atoms with Crippen LogP contribution < -0.4 is 15.4 Å². The fraction of sp³-hybridized carbons (Fsp3) is 0.300. The first-order chi connectivity index (χ1) is 13.8. The molecule has 0 saturated carbocycles. The Morgan fingerprint density at radius 1 is 1.38 bits per heavy atom. The Bertz CT molecular complexity index is 1120. The lowest BCUT2D eigenvalue weighted by Crippen LogP contribution is -2.46. The van der Waals surface area contributed by atoms with Crippen LogP contribution in [0.15, 0.2) is 30.3 Å². The molecule has 0 bridgehead atoms. The number of carbonyl (C=O) groups is 2. The third kappa shape index (κ3) is 3.51. The van der Waals surface area contributed by atoms with Crippen LogP contribution in [0.2, 0.25) is 0 Å². The smallest absolute Gasteiger partial charge is 0.291 e. The van der Waals surface area contributed by atoms with Gasteiger partial charge >= 0.3 is 0 Å². The summed E-state index contributed by atoms with van der Waals surface area (Å²) in [4.78, 5) is 29.4. The van der Waals surface area contributed by atoms with E-state index in [0.29, 0.717) is 11.2 Å². The number of fused-ring (bicyclic) bond motifs is 2. The van der Waals surface area contributed by atoms with Crippen molar-refractivity contribution < 1.29 is 18.7 Å². The van der Waals surface area contributed by atoms with Gasteiger partial charge in [0.25, 0.3) is 11.8 Å². The zero-order valence-electron chi connectivity index (χ0n) is 16.2. The Hall–Kier alpha value is -3.49. The SMILES string of the molecule is Cc1cc(F)c2c(c1)OC[C@H](NC(=O)c1nc3cccc(C(C)C)n3n1)C(=O)N2. The molecule has 1 aliphatic heterocycles. The minimum absolute atomic E-state index is 0.0372. The molecule has 0 fully saturated rings. The summed E-state index contributed by atoms with van der Waals surface area (Å²) in [5.41, 5.74) is 2.07. The summed E-state index contributed by atoms with van der Waals surface area (Å²) >= 11 is 0. The van der Waals surface area contributed by atoms with Gasteiger partial charge in [-0.05, 0) is 42.7 Å². The number of hydrogen-bond donors (Lipinski definition) is 2. The highest BCUT2D eigenvalue weighted by molar-refractivity contribution is 6.01. The monoisotopic (exact) mass is 397 g/mol. The van der Waals surface area contributed by atoms with Crippen LogP contribution in [-0.4, -0.2) is 39.1 Å². The van der Waals surface area contributed by atoms with Crippen LogP contribution in [0.3, 0.4) is 0 Å². The number of hydrogen-bond acceptors (Lipinski definition) is 5. The van der Waals surface area contributed by atoms with Gasteiger partial charge in [0.1, 0.15) is 24.1 Å². The molecular weight excluding hydrogens is 377 g/mol. The van der Waals surface area contributed by atoms with Crippen molar-refractivity contribution in [2.75, 3.05) is 11.9 Å². The molecule has 0 unspecified atom stereocenters. The van der Waals surface area contributed by atoms with E-state index in [1.807, 2.05) is 26.0 Å². The number of pyridine rings is 1. The first-order valence-electron chi connectivity index (χ1n) is 9.24. The van der Waals surface area contributed by atoms with E-state index in [1.165, 1.54) is 6.07 Å². The average molecular weight is 397 g/mol. The number of rotatable bonds is 3. The number of aryl methyl sites for hydroxylation is 1. The van der Waals surface area contributed by atoms with Gasteiger partial charge in [-0.15, -0.1) is 5.10 Å². The summed E-state index contributed by atoms with van der Waals surface area (Å²) in [6, 6.07) is 7.41. The van der Waals surface area contributed by atoms with Crippen molar-refractivity contribution in [3.8, 4) is 5.75 Å². The number of anilines is 1. The second-order valence-corrected chi connectivity index (χ2v) is 7.26. The Labute approximate surface area is 166 Å². The predicted octanol–water partition coefficient (Wildman–Crippen LogP) is 2.43. The quantitative estimate of drug-likeness (QED) is 0.707. The standard InChI is InChI=1S/C20H20FN5O3/c1-10(2)14-5-4-6-16-23-18(25-26(14)16)20(28)22-13-9-29-15-8-11(3)7-12(21)17(15)24-19(13)27/h4-8,10,13H,9H2,1-3H3,(H,22,28)(H,24,27)/t13-/m0/s1. The van der Waals surface area contributed by atoms with Crippen LogP contribution in [0.25, 0.3) is 5.65 Å². The second kappa shape index (κ2) is 7.16. The van der Waals surface area contributed by atoms with Gasteiger partial charge in [-0.25, -0.2) is 13.9 Å². The van der Waals surface area contributed by atoms with Crippen molar-refractivity contribution in [1.29, 1.82) is 0 Å². The van der Waals surface area contributed by atoms with E-state index >= 15 is 0 Å². The summed E-state index contributed by atoms with van der Waals surface area (Å²) in [5.74, 6) is -1.44. The van der Waals surface area contributed by atoms with Gasteiger partial charge in [-0.1, -0.05) is 19.9 Å². The lowest BCUT2D eigenvalue weighted by Gasteiger charge is -2.13. The Morgan fingerprint density at radius 3 is 2.93 bits per heavy atom. The van der Waals surface area contributed by atoms with Crippen molar-refractivity contribution >= 4 is 23.1 Å². The van der Waals surface area contributed by atoms with Gasteiger partial charge < -0.3 is 15.4 Å². The molecule has 4 rings (SSSR count). The summed E-state index contributed by atoms with van der Waals surface area (Å²) < 4.78 is 21.3. The van der Waals surface area contributed by atoms with Gasteiger partial charge in [-0.3, -0.25) is 9.59 Å². The molecule has 1 aromatic carbocycles. The van der Waals surface area contributed by atoms with Crippen LogP contribution in [0, 0.1) is 12.7 Å². The molecule has 1 aliphatic rings. The minimum Gasteiger partial charge on any atom is -0.489 e. The van der Waals surface area contributed by atoms with Crippen molar-refractivity contribution in [1.82, 2.24) is 19.9 Å². The van der Waals surface area contributed by atoms with E-state index in [9.17, 15) is 14.0 Å². The highest BCUT2D eigenvalue weighted by Crippen LogP contribution is 2.31. The highest BCUT2D eigenvalue weighted by Gasteiger charge is 2.29. The van der Waals surface area contributed by atoms with E-state index in [1.54, 1.807) is 23.6 Å². The fourth-order valence-corrected chi connectivity index (χ4v) is 3.19. The highest BCUT2D eigenvalue weighted by atomic mass is 19.1. The summed E-state index contributed by atoms with van der Waals surface area (Å²) in [5, 5.41) is 9.32. The molecule has 0 saturated heterocycles. The molecule has 8 nitrogen and oxygen atoms in total. The van der Waals surface area contributed by atoms with E-state index in [2.05, 4.69) is 20.7 Å². The second-order valence-electron chi connectivity index (χ2n) is 7.26. The van der Waals surface area contributed by atoms with Gasteiger partial charge in [0, 0.05) is 5.69 Å². The zero-order chi connectivity index (χ0) is 20.7. The van der Waals surface area contributed by atoms with Crippen LogP contribution in [0.1, 0.15) is 41.6 Å². The molecule has 3 aromatic rings. The van der Waals surface area contributed by atoms with Gasteiger partial charge in [0.05, 0.1) is 0 Å². The van der Waals surface area contributed by atoms with Gasteiger partial charge in [0.2, 0.25) is 5.82 Å². The van der Waals surface area contributed by atoms with E-state index in [0.717, 1.165) is 5.69 Å². The molecule has 150 valence electrons. The Balaban J connectivity index is 1.56. The maximum atomic E-state index is 14.2. The molecular formula is C20H20FN5O3. The topological polar surface area (TPSA) is 97.6 Å². The molecule has 2 amide bonds. The number of nitrogens with one attached hydrogen (secondary N) is 2. The normalized spacial score (nSPS) is 16.2. The van der Waals surface area contributed by atoms with Crippen LogP contribution in [-0.2, 0) is 4.79 Å². The fourth-order valence-electron chi connectivity index (χ4n) is 3.19. The number of carbonyl (C=O) groups excluding carboxylic acids is 2. The lowest BCUT2D eigenvalue weighted by molar-refractivity contribution is -0.118. The third-order valence-electron chi connectivity index (χ3n) is 4.66. The lowest BCUT2D eigenvalue weighted by atomic mass is 10.1. The van der Waals surface area contributed by atoms with Crippen LogP contribution >= 0.6 is 0 Å². The van der Waals surface area contributed by atoms with Crippen molar-refractivity contribution in [2.24, 2.45) is 0 Å². The molecule has 29 heavy (non-hydrogen) atoms. The number of amides is 2. The molecule has 2 aromatic heterocycles. The van der Waals surface area contributed by atoms with Crippen molar-refractivity contribution in [3.63, 3.8) is 0 Å².